The van der Waals surface area contributed by atoms with Crippen molar-refractivity contribution in [2.45, 2.75) is 26.6 Å². The number of ether oxygens (including phenoxy) is 2. The van der Waals surface area contributed by atoms with E-state index in [1.807, 2.05) is 43.3 Å². The van der Waals surface area contributed by atoms with Gasteiger partial charge >= 0.3 is 0 Å². The average Bonchev–Trinajstić information content (AvgIpc) is 2.70. The fourth-order valence-electron chi connectivity index (χ4n) is 2.86. The Morgan fingerprint density at radius 2 is 1.55 bits per heavy atom. The van der Waals surface area contributed by atoms with E-state index in [0.717, 1.165) is 17.7 Å². The fourth-order valence-corrected chi connectivity index (χ4v) is 3.61. The van der Waals surface area contributed by atoms with Crippen molar-refractivity contribution in [2.24, 2.45) is 0 Å². The Morgan fingerprint density at radius 3 is 2.28 bits per heavy atom. The quantitative estimate of drug-likeness (QED) is 0.384. The molecule has 3 nitrogen and oxygen atoms in total. The Kier molecular flexibility index (Phi) is 8.08. The van der Waals surface area contributed by atoms with Gasteiger partial charge in [0, 0.05) is 28.7 Å². The summed E-state index contributed by atoms with van der Waals surface area (Å²) in [5.74, 6) is 1.12. The third-order valence-corrected chi connectivity index (χ3v) is 5.13. The monoisotopic (exact) mass is 449 g/mol. The van der Waals surface area contributed by atoms with Gasteiger partial charge in [-0.25, -0.2) is 0 Å². The number of benzene rings is 3. The van der Waals surface area contributed by atoms with Gasteiger partial charge in [-0.2, -0.15) is 0 Å². The number of nitrogens with one attached hydrogen (secondary N) is 1. The minimum Gasteiger partial charge on any atom is -0.490 e. The first-order valence-electron chi connectivity index (χ1n) is 9.33. The van der Waals surface area contributed by atoms with Crippen LogP contribution in [0.1, 0.15) is 23.6 Å². The first-order chi connectivity index (χ1) is 14.1. The summed E-state index contributed by atoms with van der Waals surface area (Å²) in [6.07, 6.45) is 0. The van der Waals surface area contributed by atoms with Gasteiger partial charge in [0.1, 0.15) is 6.61 Å². The zero-order valence-electron chi connectivity index (χ0n) is 16.1. The maximum atomic E-state index is 6.51. The van der Waals surface area contributed by atoms with Crippen molar-refractivity contribution < 1.29 is 9.47 Å². The van der Waals surface area contributed by atoms with Gasteiger partial charge in [0.05, 0.1) is 11.6 Å². The molecule has 0 spiro atoms. The average molecular weight is 451 g/mol. The molecule has 3 aromatic rings. The highest BCUT2D eigenvalue weighted by atomic mass is 35.5. The van der Waals surface area contributed by atoms with Gasteiger partial charge in [0.15, 0.2) is 11.5 Å². The second-order valence-electron chi connectivity index (χ2n) is 6.45. The SMILES string of the molecule is CCOc1cc(CNCc2ccccc2)cc(Cl)c1OCc1ccc(Cl)cc1Cl. The second-order valence-corrected chi connectivity index (χ2v) is 7.70. The van der Waals surface area contributed by atoms with Crippen LogP contribution in [0.25, 0.3) is 0 Å². The molecule has 0 radical (unpaired) electrons. The van der Waals surface area contributed by atoms with Crippen LogP contribution >= 0.6 is 34.8 Å². The molecular weight excluding hydrogens is 429 g/mol. The molecule has 0 aromatic heterocycles. The lowest BCUT2D eigenvalue weighted by Gasteiger charge is -2.16. The molecule has 0 amide bonds. The zero-order chi connectivity index (χ0) is 20.6. The van der Waals surface area contributed by atoms with Crippen molar-refractivity contribution in [1.82, 2.24) is 5.32 Å². The molecule has 0 heterocycles. The highest BCUT2D eigenvalue weighted by Gasteiger charge is 2.14. The van der Waals surface area contributed by atoms with Crippen molar-refractivity contribution in [3.05, 3.63) is 92.4 Å². The third-order valence-electron chi connectivity index (χ3n) is 4.26. The van der Waals surface area contributed by atoms with Gasteiger partial charge in [-0.3, -0.25) is 0 Å². The minimum atomic E-state index is 0.265. The van der Waals surface area contributed by atoms with E-state index in [9.17, 15) is 0 Å². The van der Waals surface area contributed by atoms with Crippen molar-refractivity contribution in [2.75, 3.05) is 6.61 Å². The number of hydrogen-bond donors (Lipinski definition) is 1. The molecule has 3 aromatic carbocycles. The highest BCUT2D eigenvalue weighted by Crippen LogP contribution is 2.37. The summed E-state index contributed by atoms with van der Waals surface area (Å²) in [6, 6.07) is 19.4. The van der Waals surface area contributed by atoms with Gasteiger partial charge in [-0.05, 0) is 42.3 Å². The molecular formula is C23H22Cl3NO2. The molecule has 1 N–H and O–H groups in total. The van der Waals surface area contributed by atoms with E-state index in [0.29, 0.717) is 39.7 Å². The highest BCUT2D eigenvalue weighted by molar-refractivity contribution is 6.35. The predicted octanol–water partition coefficient (Wildman–Crippen LogP) is 6.91. The number of rotatable bonds is 9. The van der Waals surface area contributed by atoms with Crippen LogP contribution in [0.3, 0.4) is 0 Å². The lowest BCUT2D eigenvalue weighted by atomic mass is 10.1. The molecule has 0 saturated heterocycles. The maximum Gasteiger partial charge on any atom is 0.180 e. The van der Waals surface area contributed by atoms with Crippen LogP contribution in [-0.4, -0.2) is 6.61 Å². The van der Waals surface area contributed by atoms with Gasteiger partial charge in [-0.1, -0.05) is 71.2 Å². The van der Waals surface area contributed by atoms with E-state index >= 15 is 0 Å². The van der Waals surface area contributed by atoms with E-state index in [1.165, 1.54) is 5.56 Å². The van der Waals surface area contributed by atoms with Crippen LogP contribution in [-0.2, 0) is 19.7 Å². The summed E-state index contributed by atoms with van der Waals surface area (Å²) in [6.45, 7) is 4.14. The van der Waals surface area contributed by atoms with Gasteiger partial charge in [0.25, 0.3) is 0 Å². The Balaban J connectivity index is 1.70. The van der Waals surface area contributed by atoms with Crippen LogP contribution < -0.4 is 14.8 Å². The largest absolute Gasteiger partial charge is 0.490 e. The summed E-state index contributed by atoms with van der Waals surface area (Å²) in [4.78, 5) is 0. The Morgan fingerprint density at radius 1 is 0.793 bits per heavy atom. The normalized spacial score (nSPS) is 10.8. The van der Waals surface area contributed by atoms with E-state index in [1.54, 1.807) is 12.1 Å². The van der Waals surface area contributed by atoms with Crippen molar-refractivity contribution in [3.63, 3.8) is 0 Å². The van der Waals surface area contributed by atoms with Gasteiger partial charge in [-0.15, -0.1) is 0 Å². The van der Waals surface area contributed by atoms with Crippen molar-refractivity contribution in [1.29, 1.82) is 0 Å². The van der Waals surface area contributed by atoms with Crippen molar-refractivity contribution >= 4 is 34.8 Å². The molecule has 0 atom stereocenters. The molecule has 0 aliphatic heterocycles. The molecule has 6 heteroatoms. The van der Waals surface area contributed by atoms with Crippen LogP contribution in [0.4, 0.5) is 0 Å². The second kappa shape index (κ2) is 10.7. The molecule has 29 heavy (non-hydrogen) atoms. The van der Waals surface area contributed by atoms with Crippen molar-refractivity contribution in [3.8, 4) is 11.5 Å². The minimum absolute atomic E-state index is 0.265. The van der Waals surface area contributed by atoms with Crippen LogP contribution in [0.2, 0.25) is 15.1 Å². The molecule has 0 aliphatic carbocycles. The first-order valence-corrected chi connectivity index (χ1v) is 10.5. The molecule has 0 saturated carbocycles. The smallest absolute Gasteiger partial charge is 0.180 e. The third kappa shape index (κ3) is 6.28. The van der Waals surface area contributed by atoms with Crippen LogP contribution in [0.15, 0.2) is 60.7 Å². The van der Waals surface area contributed by atoms with Gasteiger partial charge in [0.2, 0.25) is 0 Å². The van der Waals surface area contributed by atoms with E-state index in [4.69, 9.17) is 44.3 Å². The van der Waals surface area contributed by atoms with E-state index < -0.39 is 0 Å². The molecule has 3 rings (SSSR count). The van der Waals surface area contributed by atoms with Crippen LogP contribution in [0.5, 0.6) is 11.5 Å². The fraction of sp³-hybridized carbons (Fsp3) is 0.217. The Bertz CT molecular complexity index is 948. The maximum absolute atomic E-state index is 6.51. The summed E-state index contributed by atoms with van der Waals surface area (Å²) < 4.78 is 11.7. The van der Waals surface area contributed by atoms with E-state index in [-0.39, 0.29) is 6.61 Å². The summed E-state index contributed by atoms with van der Waals surface area (Å²) in [5, 5.41) is 5.05. The molecule has 0 fully saturated rings. The molecule has 0 aliphatic rings. The standard InChI is InChI=1S/C23H22Cl3NO2/c1-2-28-22-11-17(14-27-13-16-6-4-3-5-7-16)10-21(26)23(22)29-15-18-8-9-19(24)12-20(18)25/h3-12,27H,2,13-15H2,1H3. The molecule has 152 valence electrons. The zero-order valence-corrected chi connectivity index (χ0v) is 18.3. The summed E-state index contributed by atoms with van der Waals surface area (Å²) >= 11 is 18.7. The lowest BCUT2D eigenvalue weighted by molar-refractivity contribution is 0.269. The Hall–Kier alpha value is -1.91. The Labute approximate surface area is 186 Å². The topological polar surface area (TPSA) is 30.5 Å². The predicted molar refractivity (Wildman–Crippen MR) is 120 cm³/mol. The summed E-state index contributed by atoms with van der Waals surface area (Å²) in [5.41, 5.74) is 3.07. The van der Waals surface area contributed by atoms with Crippen LogP contribution in [0, 0.1) is 0 Å². The first kappa shape index (κ1) is 21.8. The molecule has 0 unspecified atom stereocenters. The summed E-state index contributed by atoms with van der Waals surface area (Å²) in [7, 11) is 0. The number of halogens is 3. The van der Waals surface area contributed by atoms with Gasteiger partial charge < -0.3 is 14.8 Å². The molecule has 0 bridgehead atoms. The number of hydrogen-bond acceptors (Lipinski definition) is 3. The lowest BCUT2D eigenvalue weighted by Crippen LogP contribution is -2.13. The van der Waals surface area contributed by atoms with E-state index in [2.05, 4.69) is 17.4 Å².